The van der Waals surface area contributed by atoms with Crippen molar-refractivity contribution >= 4 is 0 Å². The summed E-state index contributed by atoms with van der Waals surface area (Å²) in [5, 5.41) is 0. The average Bonchev–Trinajstić information content (AvgIpc) is 2.11. The third-order valence-electron chi connectivity index (χ3n) is 1.52. The zero-order chi connectivity index (χ0) is 9.23. The van der Waals surface area contributed by atoms with Crippen LogP contribution in [0.3, 0.4) is 0 Å². The zero-order valence-electron chi connectivity index (χ0n) is 7.91. The topological polar surface area (TPSA) is 53.7 Å². The molecule has 0 fully saturated rings. The minimum atomic E-state index is -0.150. The lowest BCUT2D eigenvalue weighted by atomic mass is 10.4. The van der Waals surface area contributed by atoms with Gasteiger partial charge in [0.2, 0.25) is 0 Å². The fourth-order valence-electron chi connectivity index (χ4n) is 0.799. The lowest BCUT2D eigenvalue weighted by Gasteiger charge is -2.12. The van der Waals surface area contributed by atoms with Crippen LogP contribution in [0.15, 0.2) is 0 Å². The summed E-state index contributed by atoms with van der Waals surface area (Å²) in [6.45, 7) is 2.06. The number of rotatable bonds is 8. The maximum Gasteiger partial charge on any atom is 0.159 e. The number of ether oxygens (including phenoxy) is 3. The zero-order valence-corrected chi connectivity index (χ0v) is 7.91. The predicted octanol–water partition coefficient (Wildman–Crippen LogP) is 0.361. The van der Waals surface area contributed by atoms with Crippen molar-refractivity contribution in [3.05, 3.63) is 0 Å². The Hall–Kier alpha value is -0.160. The van der Waals surface area contributed by atoms with Gasteiger partial charge in [-0.05, 0) is 13.0 Å². The quantitative estimate of drug-likeness (QED) is 0.429. The number of hydrogen-bond acceptors (Lipinski definition) is 4. The molecular formula is C8H19NO3. The normalized spacial score (nSPS) is 11.0. The summed E-state index contributed by atoms with van der Waals surface area (Å²) in [7, 11) is 3.24. The molecule has 0 atom stereocenters. The van der Waals surface area contributed by atoms with Crippen molar-refractivity contribution in [2.45, 2.75) is 19.1 Å². The van der Waals surface area contributed by atoms with Crippen LogP contribution in [0.5, 0.6) is 0 Å². The van der Waals surface area contributed by atoms with E-state index in [9.17, 15) is 0 Å². The molecule has 4 heteroatoms. The van der Waals surface area contributed by atoms with Gasteiger partial charge in [-0.2, -0.15) is 0 Å². The number of methoxy groups -OCH3 is 2. The van der Waals surface area contributed by atoms with Crippen molar-refractivity contribution in [1.29, 1.82) is 0 Å². The van der Waals surface area contributed by atoms with Gasteiger partial charge in [-0.1, -0.05) is 0 Å². The van der Waals surface area contributed by atoms with E-state index in [1.165, 1.54) is 0 Å². The highest BCUT2D eigenvalue weighted by Crippen LogP contribution is 1.97. The van der Waals surface area contributed by atoms with Gasteiger partial charge in [0.25, 0.3) is 0 Å². The number of hydrogen-bond donors (Lipinski definition) is 1. The Morgan fingerprint density at radius 1 is 1.17 bits per heavy atom. The molecule has 12 heavy (non-hydrogen) atoms. The fourth-order valence-corrected chi connectivity index (χ4v) is 0.799. The summed E-state index contributed by atoms with van der Waals surface area (Å²) in [6, 6.07) is 0. The third-order valence-corrected chi connectivity index (χ3v) is 1.52. The summed E-state index contributed by atoms with van der Waals surface area (Å²) in [4.78, 5) is 0. The molecule has 0 aromatic rings. The van der Waals surface area contributed by atoms with E-state index in [2.05, 4.69) is 0 Å². The van der Waals surface area contributed by atoms with E-state index in [1.807, 2.05) is 0 Å². The molecule has 0 aromatic heterocycles. The lowest BCUT2D eigenvalue weighted by Crippen LogP contribution is -2.16. The molecule has 0 saturated carbocycles. The maximum atomic E-state index is 5.29. The van der Waals surface area contributed by atoms with Gasteiger partial charge in [0.15, 0.2) is 6.29 Å². The number of nitrogens with two attached hydrogens (primary N) is 1. The smallest absolute Gasteiger partial charge is 0.159 e. The highest BCUT2D eigenvalue weighted by molar-refractivity contribution is 4.42. The molecule has 0 aromatic carbocycles. The maximum absolute atomic E-state index is 5.29. The van der Waals surface area contributed by atoms with Crippen molar-refractivity contribution in [2.24, 2.45) is 5.73 Å². The van der Waals surface area contributed by atoms with Crippen molar-refractivity contribution in [3.63, 3.8) is 0 Å². The first kappa shape index (κ1) is 11.8. The van der Waals surface area contributed by atoms with Crippen LogP contribution in [0.2, 0.25) is 0 Å². The third kappa shape index (κ3) is 6.54. The molecule has 0 bridgehead atoms. The molecule has 4 nitrogen and oxygen atoms in total. The van der Waals surface area contributed by atoms with Crippen LogP contribution >= 0.6 is 0 Å². The minimum absolute atomic E-state index is 0.150. The molecule has 0 aliphatic carbocycles. The second kappa shape index (κ2) is 8.93. The Balaban J connectivity index is 3.06. The van der Waals surface area contributed by atoms with Crippen LogP contribution in [-0.4, -0.2) is 40.3 Å². The Labute approximate surface area is 74.0 Å². The molecule has 0 unspecified atom stereocenters. The second-order valence-corrected chi connectivity index (χ2v) is 2.44. The summed E-state index contributed by atoms with van der Waals surface area (Å²) >= 11 is 0. The summed E-state index contributed by atoms with van der Waals surface area (Å²) in [5.74, 6) is 0. The SMILES string of the molecule is COC(CCOCCCN)OC. The molecule has 0 saturated heterocycles. The standard InChI is InChI=1S/C8H19NO3/c1-10-8(11-2)4-7-12-6-3-5-9/h8H,3-7,9H2,1-2H3. The minimum Gasteiger partial charge on any atom is -0.381 e. The van der Waals surface area contributed by atoms with Crippen LogP contribution in [0.25, 0.3) is 0 Å². The summed E-state index contributed by atoms with van der Waals surface area (Å²) in [5.41, 5.74) is 5.29. The largest absolute Gasteiger partial charge is 0.381 e. The fraction of sp³-hybridized carbons (Fsp3) is 1.00. The Bertz CT molecular complexity index is 86.4. The van der Waals surface area contributed by atoms with Gasteiger partial charge in [-0.15, -0.1) is 0 Å². The van der Waals surface area contributed by atoms with E-state index in [0.717, 1.165) is 19.4 Å². The van der Waals surface area contributed by atoms with Gasteiger partial charge in [0, 0.05) is 27.2 Å². The van der Waals surface area contributed by atoms with Crippen LogP contribution in [0.1, 0.15) is 12.8 Å². The van der Waals surface area contributed by atoms with Gasteiger partial charge < -0.3 is 19.9 Å². The van der Waals surface area contributed by atoms with Crippen LogP contribution < -0.4 is 5.73 Å². The van der Waals surface area contributed by atoms with Gasteiger partial charge in [0.05, 0.1) is 6.61 Å². The molecule has 0 radical (unpaired) electrons. The first-order valence-electron chi connectivity index (χ1n) is 4.18. The van der Waals surface area contributed by atoms with Crippen LogP contribution in [0.4, 0.5) is 0 Å². The summed E-state index contributed by atoms with van der Waals surface area (Å²) in [6.07, 6.45) is 1.52. The van der Waals surface area contributed by atoms with E-state index < -0.39 is 0 Å². The molecule has 0 aliphatic heterocycles. The van der Waals surface area contributed by atoms with E-state index in [0.29, 0.717) is 13.2 Å². The van der Waals surface area contributed by atoms with Crippen molar-refractivity contribution < 1.29 is 14.2 Å². The van der Waals surface area contributed by atoms with E-state index >= 15 is 0 Å². The molecule has 0 aliphatic rings. The molecule has 0 amide bonds. The van der Waals surface area contributed by atoms with Crippen LogP contribution in [-0.2, 0) is 14.2 Å². The first-order valence-corrected chi connectivity index (χ1v) is 4.18. The Morgan fingerprint density at radius 3 is 2.33 bits per heavy atom. The highest BCUT2D eigenvalue weighted by atomic mass is 16.7. The van der Waals surface area contributed by atoms with E-state index in [-0.39, 0.29) is 6.29 Å². The first-order chi connectivity index (χ1) is 5.85. The molecule has 2 N–H and O–H groups in total. The summed E-state index contributed by atoms with van der Waals surface area (Å²) < 4.78 is 15.2. The van der Waals surface area contributed by atoms with Crippen molar-refractivity contribution in [1.82, 2.24) is 0 Å². The average molecular weight is 177 g/mol. The molecular weight excluding hydrogens is 158 g/mol. The molecule has 0 spiro atoms. The molecule has 74 valence electrons. The second-order valence-electron chi connectivity index (χ2n) is 2.44. The highest BCUT2D eigenvalue weighted by Gasteiger charge is 2.03. The monoisotopic (exact) mass is 177 g/mol. The van der Waals surface area contributed by atoms with Gasteiger partial charge >= 0.3 is 0 Å². The van der Waals surface area contributed by atoms with Gasteiger partial charge in [-0.3, -0.25) is 0 Å². The molecule has 0 heterocycles. The van der Waals surface area contributed by atoms with Gasteiger partial charge in [0.1, 0.15) is 0 Å². The van der Waals surface area contributed by atoms with Crippen LogP contribution in [0, 0.1) is 0 Å². The Morgan fingerprint density at radius 2 is 1.83 bits per heavy atom. The Kier molecular flexibility index (Phi) is 8.81. The predicted molar refractivity (Wildman–Crippen MR) is 46.9 cm³/mol. The van der Waals surface area contributed by atoms with Crippen molar-refractivity contribution in [2.75, 3.05) is 34.0 Å². The molecule has 0 rings (SSSR count). The van der Waals surface area contributed by atoms with Crippen molar-refractivity contribution in [3.8, 4) is 0 Å². The van der Waals surface area contributed by atoms with E-state index in [1.54, 1.807) is 14.2 Å². The lowest BCUT2D eigenvalue weighted by molar-refractivity contribution is -0.115. The van der Waals surface area contributed by atoms with E-state index in [4.69, 9.17) is 19.9 Å². The van der Waals surface area contributed by atoms with Gasteiger partial charge in [-0.25, -0.2) is 0 Å².